The molecule has 184 valence electrons. The molecule has 1 aliphatic carbocycles. The van der Waals surface area contributed by atoms with Crippen molar-refractivity contribution < 1.29 is 14.3 Å². The Morgan fingerprint density at radius 3 is 2.50 bits per heavy atom. The third-order valence-electron chi connectivity index (χ3n) is 6.94. The van der Waals surface area contributed by atoms with E-state index < -0.39 is 12.1 Å². The summed E-state index contributed by atoms with van der Waals surface area (Å²) in [6.45, 7) is 1.94. The first kappa shape index (κ1) is 23.7. The van der Waals surface area contributed by atoms with Gasteiger partial charge in [-0.25, -0.2) is 4.79 Å². The van der Waals surface area contributed by atoms with Crippen LogP contribution in [0, 0.1) is 0 Å². The van der Waals surface area contributed by atoms with Gasteiger partial charge in [-0.05, 0) is 48.1 Å². The van der Waals surface area contributed by atoms with Crippen LogP contribution in [-0.4, -0.2) is 29.1 Å². The largest absolute Gasteiger partial charge is 0.446 e. The van der Waals surface area contributed by atoms with E-state index in [2.05, 4.69) is 27.8 Å². The van der Waals surface area contributed by atoms with E-state index in [0.29, 0.717) is 12.8 Å². The van der Waals surface area contributed by atoms with E-state index in [9.17, 15) is 9.59 Å². The number of rotatable bonds is 7. The molecule has 36 heavy (non-hydrogen) atoms. The standard InChI is InChI=1S/C30H31N3O3/c1-20(21-9-3-2-4-10-21)32-29(34)28(18-24-19-31-27-14-8-7-13-26(24)27)33-30(35)36-25-16-15-22-11-5-6-12-23(22)17-25/h2-14,19-20,25,28,31H,15-18H2,1H3,(H,32,34)(H,33,35)/t20-,25?,28+/m0/s1. The summed E-state index contributed by atoms with van der Waals surface area (Å²) in [7, 11) is 0. The molecule has 1 unspecified atom stereocenters. The lowest BCUT2D eigenvalue weighted by molar-refractivity contribution is -0.123. The maximum atomic E-state index is 13.4. The molecule has 6 nitrogen and oxygen atoms in total. The van der Waals surface area contributed by atoms with Crippen LogP contribution in [-0.2, 0) is 28.8 Å². The zero-order chi connectivity index (χ0) is 24.9. The minimum absolute atomic E-state index is 0.197. The van der Waals surface area contributed by atoms with Gasteiger partial charge < -0.3 is 20.4 Å². The molecule has 4 aromatic rings. The fourth-order valence-corrected chi connectivity index (χ4v) is 4.96. The zero-order valence-corrected chi connectivity index (χ0v) is 20.4. The van der Waals surface area contributed by atoms with Crippen molar-refractivity contribution in [1.82, 2.24) is 15.6 Å². The van der Waals surface area contributed by atoms with E-state index in [1.165, 1.54) is 11.1 Å². The third kappa shape index (κ3) is 5.43. The predicted octanol–water partition coefficient (Wildman–Crippen LogP) is 5.24. The number of aromatic nitrogens is 1. The molecule has 3 atom stereocenters. The number of hydrogen-bond acceptors (Lipinski definition) is 3. The van der Waals surface area contributed by atoms with Crippen molar-refractivity contribution in [2.24, 2.45) is 0 Å². The average molecular weight is 482 g/mol. The number of aryl methyl sites for hydroxylation is 1. The van der Waals surface area contributed by atoms with Crippen LogP contribution >= 0.6 is 0 Å². The molecule has 1 heterocycles. The van der Waals surface area contributed by atoms with Crippen LogP contribution in [0.3, 0.4) is 0 Å². The van der Waals surface area contributed by atoms with Gasteiger partial charge in [0.15, 0.2) is 0 Å². The van der Waals surface area contributed by atoms with Crippen molar-refractivity contribution in [3.63, 3.8) is 0 Å². The molecule has 0 spiro atoms. The minimum atomic E-state index is -0.779. The highest BCUT2D eigenvalue weighted by atomic mass is 16.6. The van der Waals surface area contributed by atoms with Gasteiger partial charge in [-0.2, -0.15) is 0 Å². The summed E-state index contributed by atoms with van der Waals surface area (Å²) in [5.41, 5.74) is 5.48. The van der Waals surface area contributed by atoms with Crippen molar-refractivity contribution in [2.45, 2.75) is 50.8 Å². The van der Waals surface area contributed by atoms with E-state index in [-0.39, 0.29) is 18.1 Å². The smallest absolute Gasteiger partial charge is 0.408 e. The number of carbonyl (C=O) groups is 2. The number of aromatic amines is 1. The van der Waals surface area contributed by atoms with Crippen LogP contribution in [0.25, 0.3) is 10.9 Å². The second-order valence-electron chi connectivity index (χ2n) is 9.44. The lowest BCUT2D eigenvalue weighted by atomic mass is 9.90. The Balaban J connectivity index is 1.30. The number of hydrogen-bond donors (Lipinski definition) is 3. The number of H-pyrrole nitrogens is 1. The van der Waals surface area contributed by atoms with Gasteiger partial charge in [0, 0.05) is 29.9 Å². The van der Waals surface area contributed by atoms with Gasteiger partial charge in [0.05, 0.1) is 6.04 Å². The monoisotopic (exact) mass is 481 g/mol. The molecule has 3 N–H and O–H groups in total. The highest BCUT2D eigenvalue weighted by molar-refractivity contribution is 5.88. The van der Waals surface area contributed by atoms with Crippen molar-refractivity contribution in [3.05, 3.63) is 107 Å². The maximum Gasteiger partial charge on any atom is 0.408 e. The molecule has 2 amide bonds. The lowest BCUT2D eigenvalue weighted by Gasteiger charge is -2.26. The van der Waals surface area contributed by atoms with Crippen LogP contribution in [0.1, 0.15) is 41.6 Å². The number of nitrogens with one attached hydrogen (secondary N) is 3. The molecule has 0 fully saturated rings. The Morgan fingerprint density at radius 1 is 0.944 bits per heavy atom. The molecule has 1 aromatic heterocycles. The summed E-state index contributed by atoms with van der Waals surface area (Å²) < 4.78 is 5.79. The Kier molecular flexibility index (Phi) is 7.03. The summed E-state index contributed by atoms with van der Waals surface area (Å²) in [6.07, 6.45) is 3.81. The number of fused-ring (bicyclic) bond motifs is 2. The van der Waals surface area contributed by atoms with Gasteiger partial charge in [-0.1, -0.05) is 72.8 Å². The quantitative estimate of drug-likeness (QED) is 0.338. The van der Waals surface area contributed by atoms with Gasteiger partial charge in [0.25, 0.3) is 0 Å². The van der Waals surface area contributed by atoms with Gasteiger partial charge in [-0.15, -0.1) is 0 Å². The Hall–Kier alpha value is -4.06. The van der Waals surface area contributed by atoms with E-state index >= 15 is 0 Å². The summed E-state index contributed by atoms with van der Waals surface area (Å²) in [5.74, 6) is -0.248. The summed E-state index contributed by atoms with van der Waals surface area (Å²) in [5, 5.41) is 6.95. The fraction of sp³-hybridized carbons (Fsp3) is 0.267. The lowest BCUT2D eigenvalue weighted by Crippen LogP contribution is -2.49. The Bertz CT molecular complexity index is 1350. The second kappa shape index (κ2) is 10.7. The molecule has 3 aromatic carbocycles. The number of benzene rings is 3. The third-order valence-corrected chi connectivity index (χ3v) is 6.94. The van der Waals surface area contributed by atoms with Crippen LogP contribution in [0.2, 0.25) is 0 Å². The van der Waals surface area contributed by atoms with Gasteiger partial charge in [0.1, 0.15) is 12.1 Å². The summed E-state index contributed by atoms with van der Waals surface area (Å²) in [4.78, 5) is 29.6. The second-order valence-corrected chi connectivity index (χ2v) is 9.44. The highest BCUT2D eigenvalue weighted by Crippen LogP contribution is 2.24. The fourth-order valence-electron chi connectivity index (χ4n) is 4.96. The minimum Gasteiger partial charge on any atom is -0.446 e. The molecule has 0 saturated carbocycles. The topological polar surface area (TPSA) is 83.2 Å². The first-order chi connectivity index (χ1) is 17.6. The molecular weight excluding hydrogens is 450 g/mol. The van der Waals surface area contributed by atoms with Gasteiger partial charge >= 0.3 is 6.09 Å². The number of carbonyl (C=O) groups excluding carboxylic acids is 2. The first-order valence-corrected chi connectivity index (χ1v) is 12.5. The molecule has 0 aliphatic heterocycles. The SMILES string of the molecule is C[C@H](NC(=O)[C@@H](Cc1c[nH]c2ccccc12)NC(=O)OC1CCc2ccccc2C1)c1ccccc1. The normalized spacial score (nSPS) is 16.5. The zero-order valence-electron chi connectivity index (χ0n) is 20.4. The van der Waals surface area contributed by atoms with Gasteiger partial charge in [-0.3, -0.25) is 4.79 Å². The molecule has 6 heteroatoms. The molecule has 1 aliphatic rings. The van der Waals surface area contributed by atoms with Crippen LogP contribution in [0.5, 0.6) is 0 Å². The first-order valence-electron chi connectivity index (χ1n) is 12.5. The summed E-state index contributed by atoms with van der Waals surface area (Å²) >= 11 is 0. The number of alkyl carbamates (subject to hydrolysis) is 1. The maximum absolute atomic E-state index is 13.4. The number of para-hydroxylation sites is 1. The summed E-state index contributed by atoms with van der Waals surface area (Å²) in [6, 6.07) is 25.0. The Labute approximate surface area is 211 Å². The van der Waals surface area contributed by atoms with Crippen LogP contribution < -0.4 is 10.6 Å². The number of amides is 2. The molecular formula is C30H31N3O3. The van der Waals surface area contributed by atoms with E-state index in [4.69, 9.17) is 4.74 Å². The molecule has 0 bridgehead atoms. The van der Waals surface area contributed by atoms with Crippen molar-refractivity contribution in [1.29, 1.82) is 0 Å². The van der Waals surface area contributed by atoms with E-state index in [1.54, 1.807) is 0 Å². The molecule has 0 saturated heterocycles. The van der Waals surface area contributed by atoms with Crippen molar-refractivity contribution in [2.75, 3.05) is 0 Å². The van der Waals surface area contributed by atoms with Crippen LogP contribution in [0.4, 0.5) is 4.79 Å². The molecule has 5 rings (SSSR count). The average Bonchev–Trinajstić information content (AvgIpc) is 3.31. The van der Waals surface area contributed by atoms with E-state index in [0.717, 1.165) is 34.9 Å². The predicted molar refractivity (Wildman–Crippen MR) is 141 cm³/mol. The van der Waals surface area contributed by atoms with Crippen LogP contribution in [0.15, 0.2) is 85.1 Å². The highest BCUT2D eigenvalue weighted by Gasteiger charge is 2.27. The van der Waals surface area contributed by atoms with E-state index in [1.807, 2.05) is 79.9 Å². The van der Waals surface area contributed by atoms with Gasteiger partial charge in [0.2, 0.25) is 5.91 Å². The van der Waals surface area contributed by atoms with Crippen molar-refractivity contribution >= 4 is 22.9 Å². The van der Waals surface area contributed by atoms with Crippen molar-refractivity contribution in [3.8, 4) is 0 Å². The number of ether oxygens (including phenoxy) is 1. The molecule has 0 radical (unpaired) electrons. The Morgan fingerprint density at radius 2 is 1.67 bits per heavy atom.